The Morgan fingerprint density at radius 1 is 1.11 bits per heavy atom. The number of sulfonamides is 1. The number of aromatic nitrogens is 1. The number of nitrogens with one attached hydrogen (secondary N) is 1. The molecule has 3 heterocycles. The van der Waals surface area contributed by atoms with Crippen LogP contribution in [-0.4, -0.2) is 85.5 Å². The number of hydrogen-bond acceptors (Lipinski definition) is 6. The van der Waals surface area contributed by atoms with E-state index in [0.29, 0.717) is 34.5 Å². The van der Waals surface area contributed by atoms with Gasteiger partial charge in [0.1, 0.15) is 5.82 Å². The summed E-state index contributed by atoms with van der Waals surface area (Å²) in [5, 5.41) is 4.24. The Bertz CT molecular complexity index is 1200. The normalized spacial score (nSPS) is 17.8. The monoisotopic (exact) mass is 553 g/mol. The zero-order valence-electron chi connectivity index (χ0n) is 20.7. The van der Waals surface area contributed by atoms with Crippen LogP contribution in [0.25, 0.3) is 0 Å². The number of carbonyl (C=O) groups is 1. The largest absolute Gasteiger partial charge is 0.340 e. The van der Waals surface area contributed by atoms with Crippen molar-refractivity contribution >= 4 is 50.6 Å². The van der Waals surface area contributed by atoms with Crippen molar-refractivity contribution in [3.63, 3.8) is 0 Å². The van der Waals surface area contributed by atoms with Crippen LogP contribution in [0, 0.1) is 0 Å². The molecule has 0 unspecified atom stereocenters. The van der Waals surface area contributed by atoms with Crippen molar-refractivity contribution in [3.8, 4) is 0 Å². The summed E-state index contributed by atoms with van der Waals surface area (Å²) >= 11 is 12.2. The van der Waals surface area contributed by atoms with E-state index in [1.807, 2.05) is 11.0 Å². The molecule has 1 fully saturated rings. The molecule has 0 saturated carbocycles. The first kappa shape index (κ1) is 27.1. The van der Waals surface area contributed by atoms with Crippen LogP contribution in [0.15, 0.2) is 30.5 Å². The van der Waals surface area contributed by atoms with Gasteiger partial charge < -0.3 is 15.1 Å². The summed E-state index contributed by atoms with van der Waals surface area (Å²) in [4.78, 5) is 22.2. The van der Waals surface area contributed by atoms with Crippen molar-refractivity contribution in [2.24, 2.45) is 0 Å². The minimum atomic E-state index is -3.16. The molecular formula is C25H33Cl2N5O3S. The summed E-state index contributed by atoms with van der Waals surface area (Å²) in [6.45, 7) is 4.04. The SMILES string of the molecule is CN(C1CCN(CCCN2CCCc3c(ccnc3Nc3ccc(Cl)c(Cl)c3)C2=O)CC1)S(C)(=O)=O. The molecule has 1 N–H and O–H groups in total. The molecule has 2 aliphatic heterocycles. The third-order valence-electron chi connectivity index (χ3n) is 7.11. The van der Waals surface area contributed by atoms with Gasteiger partial charge in [-0.1, -0.05) is 23.2 Å². The van der Waals surface area contributed by atoms with E-state index in [4.69, 9.17) is 23.2 Å². The lowest BCUT2D eigenvalue weighted by Gasteiger charge is -2.36. The van der Waals surface area contributed by atoms with Gasteiger partial charge in [0, 0.05) is 49.2 Å². The Kier molecular flexibility index (Phi) is 8.78. The number of carbonyl (C=O) groups excluding carboxylic acids is 1. The summed E-state index contributed by atoms with van der Waals surface area (Å²) in [7, 11) is -1.49. The van der Waals surface area contributed by atoms with Crippen LogP contribution in [0.2, 0.25) is 10.0 Å². The summed E-state index contributed by atoms with van der Waals surface area (Å²) in [6, 6.07) is 7.19. The molecule has 1 saturated heterocycles. The number of benzene rings is 1. The Morgan fingerprint density at radius 3 is 2.56 bits per heavy atom. The Hall–Kier alpha value is -1.91. The van der Waals surface area contributed by atoms with Crippen molar-refractivity contribution in [3.05, 3.63) is 51.6 Å². The highest BCUT2D eigenvalue weighted by molar-refractivity contribution is 7.88. The van der Waals surface area contributed by atoms with Gasteiger partial charge in [-0.3, -0.25) is 4.79 Å². The van der Waals surface area contributed by atoms with Crippen LogP contribution in [-0.2, 0) is 16.4 Å². The quantitative estimate of drug-likeness (QED) is 0.525. The molecule has 11 heteroatoms. The molecule has 0 radical (unpaired) electrons. The maximum Gasteiger partial charge on any atom is 0.254 e. The Balaban J connectivity index is 1.33. The Labute approximate surface area is 223 Å². The molecule has 0 spiro atoms. The second kappa shape index (κ2) is 11.6. The number of piperidine rings is 1. The third-order valence-corrected chi connectivity index (χ3v) is 9.19. The predicted octanol–water partition coefficient (Wildman–Crippen LogP) is 4.27. The molecule has 0 aliphatic carbocycles. The van der Waals surface area contributed by atoms with Crippen molar-refractivity contribution in [2.45, 2.75) is 38.1 Å². The van der Waals surface area contributed by atoms with Crippen LogP contribution in [0.5, 0.6) is 0 Å². The topological polar surface area (TPSA) is 85.8 Å². The van der Waals surface area contributed by atoms with Gasteiger partial charge in [0.2, 0.25) is 10.0 Å². The number of hydrogen-bond donors (Lipinski definition) is 1. The van der Waals surface area contributed by atoms with Crippen molar-refractivity contribution in [1.29, 1.82) is 0 Å². The Morgan fingerprint density at radius 2 is 1.86 bits per heavy atom. The molecule has 1 amide bonds. The second-order valence-corrected chi connectivity index (χ2v) is 12.4. The van der Waals surface area contributed by atoms with E-state index in [1.165, 1.54) is 10.6 Å². The second-order valence-electron chi connectivity index (χ2n) is 9.54. The molecule has 36 heavy (non-hydrogen) atoms. The van der Waals surface area contributed by atoms with Crippen LogP contribution < -0.4 is 5.32 Å². The number of nitrogens with zero attached hydrogens (tertiary/aromatic N) is 4. The zero-order valence-corrected chi connectivity index (χ0v) is 23.0. The average Bonchev–Trinajstić information content (AvgIpc) is 3.00. The number of likely N-dealkylation sites (tertiary alicyclic amines) is 1. The van der Waals surface area contributed by atoms with Crippen LogP contribution in [0.4, 0.5) is 11.5 Å². The lowest BCUT2D eigenvalue weighted by Crippen LogP contribution is -2.45. The fourth-order valence-electron chi connectivity index (χ4n) is 4.96. The third kappa shape index (κ3) is 6.50. The summed E-state index contributed by atoms with van der Waals surface area (Å²) in [5.41, 5.74) is 2.38. The van der Waals surface area contributed by atoms with Crippen LogP contribution >= 0.6 is 23.2 Å². The molecule has 0 atom stereocenters. The fourth-order valence-corrected chi connectivity index (χ4v) is 6.01. The van der Waals surface area contributed by atoms with Gasteiger partial charge in [-0.15, -0.1) is 0 Å². The number of halogens is 2. The lowest BCUT2D eigenvalue weighted by atomic mass is 10.0. The molecule has 4 rings (SSSR count). The molecule has 2 aromatic rings. The number of fused-ring (bicyclic) bond motifs is 1. The molecule has 2 aliphatic rings. The van der Waals surface area contributed by atoms with E-state index in [9.17, 15) is 13.2 Å². The highest BCUT2D eigenvalue weighted by atomic mass is 35.5. The standard InChI is InChI=1S/C25H33Cl2N5O3S/c1-30(36(2,34)35)19-9-15-31(16-10-19)12-4-14-32-13-3-5-20-21(25(32)33)8-11-28-24(20)29-18-6-7-22(26)23(27)17-18/h6-8,11,17,19H,3-5,9-10,12-16H2,1-2H3,(H,28,29). The maximum atomic E-state index is 13.4. The lowest BCUT2D eigenvalue weighted by molar-refractivity contribution is 0.0749. The van der Waals surface area contributed by atoms with E-state index in [1.54, 1.807) is 31.4 Å². The van der Waals surface area contributed by atoms with Gasteiger partial charge in [0.25, 0.3) is 5.91 Å². The predicted molar refractivity (Wildman–Crippen MR) is 145 cm³/mol. The molecule has 8 nitrogen and oxygen atoms in total. The van der Waals surface area contributed by atoms with E-state index >= 15 is 0 Å². The summed E-state index contributed by atoms with van der Waals surface area (Å²) in [6.07, 6.45) is 7.10. The zero-order chi connectivity index (χ0) is 25.9. The molecule has 1 aromatic carbocycles. The number of amides is 1. The first-order valence-corrected chi connectivity index (χ1v) is 14.9. The van der Waals surface area contributed by atoms with Gasteiger partial charge in [-0.2, -0.15) is 0 Å². The minimum absolute atomic E-state index is 0.0376. The van der Waals surface area contributed by atoms with E-state index in [0.717, 1.165) is 63.0 Å². The highest BCUT2D eigenvalue weighted by Gasteiger charge is 2.28. The summed E-state index contributed by atoms with van der Waals surface area (Å²) in [5.74, 6) is 0.707. The van der Waals surface area contributed by atoms with Crippen LogP contribution in [0.1, 0.15) is 41.6 Å². The molecule has 1 aromatic heterocycles. The average molecular weight is 555 g/mol. The fraction of sp³-hybridized carbons (Fsp3) is 0.520. The first-order chi connectivity index (χ1) is 17.1. The van der Waals surface area contributed by atoms with Gasteiger partial charge in [-0.05, 0) is 76.0 Å². The van der Waals surface area contributed by atoms with E-state index < -0.39 is 10.0 Å². The highest BCUT2D eigenvalue weighted by Crippen LogP contribution is 2.30. The van der Waals surface area contributed by atoms with Gasteiger partial charge in [0.05, 0.1) is 16.3 Å². The molecule has 0 bridgehead atoms. The first-order valence-electron chi connectivity index (χ1n) is 12.3. The van der Waals surface area contributed by atoms with Crippen molar-refractivity contribution in [2.75, 3.05) is 51.3 Å². The molecular weight excluding hydrogens is 521 g/mol. The van der Waals surface area contributed by atoms with Crippen molar-refractivity contribution < 1.29 is 13.2 Å². The number of pyridine rings is 1. The molecule has 196 valence electrons. The number of rotatable bonds is 8. The van der Waals surface area contributed by atoms with E-state index in [2.05, 4.69) is 15.2 Å². The van der Waals surface area contributed by atoms with Gasteiger partial charge >= 0.3 is 0 Å². The summed E-state index contributed by atoms with van der Waals surface area (Å²) < 4.78 is 25.1. The maximum absolute atomic E-state index is 13.4. The van der Waals surface area contributed by atoms with Gasteiger partial charge in [0.15, 0.2) is 0 Å². The van der Waals surface area contributed by atoms with Crippen LogP contribution in [0.3, 0.4) is 0 Å². The van der Waals surface area contributed by atoms with Gasteiger partial charge in [-0.25, -0.2) is 17.7 Å². The van der Waals surface area contributed by atoms with Crippen molar-refractivity contribution in [1.82, 2.24) is 19.1 Å². The number of anilines is 2. The smallest absolute Gasteiger partial charge is 0.254 e. The minimum Gasteiger partial charge on any atom is -0.340 e. The van der Waals surface area contributed by atoms with E-state index in [-0.39, 0.29) is 11.9 Å².